The molecule has 1 N–H and O–H groups in total. The second-order valence-electron chi connectivity index (χ2n) is 4.06. The van der Waals surface area contributed by atoms with E-state index in [2.05, 4.69) is 0 Å². The zero-order chi connectivity index (χ0) is 13.6. The predicted octanol–water partition coefficient (Wildman–Crippen LogP) is 3.85. The van der Waals surface area contributed by atoms with Crippen molar-refractivity contribution in [2.45, 2.75) is 38.5 Å². The summed E-state index contributed by atoms with van der Waals surface area (Å²) in [6, 6.07) is 6.74. The van der Waals surface area contributed by atoms with E-state index in [4.69, 9.17) is 4.74 Å². The molecule has 1 atom stereocenters. The highest BCUT2D eigenvalue weighted by atomic mass is 19.4. The Balaban J connectivity index is 2.35. The molecule has 0 aliphatic heterocycles. The van der Waals surface area contributed by atoms with E-state index in [9.17, 15) is 18.3 Å². The van der Waals surface area contributed by atoms with Gasteiger partial charge in [0.05, 0.1) is 12.7 Å². The Labute approximate surface area is 104 Å². The molecule has 2 nitrogen and oxygen atoms in total. The van der Waals surface area contributed by atoms with Gasteiger partial charge in [-0.25, -0.2) is 0 Å². The molecule has 0 spiro atoms. The molecular formula is C13H17F3O2. The van der Waals surface area contributed by atoms with Gasteiger partial charge in [0.1, 0.15) is 5.75 Å². The van der Waals surface area contributed by atoms with Crippen LogP contribution in [0.3, 0.4) is 0 Å². The first-order chi connectivity index (χ1) is 8.42. The van der Waals surface area contributed by atoms with Crippen molar-refractivity contribution in [3.63, 3.8) is 0 Å². The maximum Gasteiger partial charge on any atom is 0.389 e. The van der Waals surface area contributed by atoms with Gasteiger partial charge in [-0.2, -0.15) is 13.2 Å². The van der Waals surface area contributed by atoms with Gasteiger partial charge in [-0.15, -0.1) is 0 Å². The maximum absolute atomic E-state index is 11.9. The van der Waals surface area contributed by atoms with Crippen LogP contribution in [0.15, 0.2) is 24.3 Å². The molecule has 102 valence electrons. The van der Waals surface area contributed by atoms with Crippen LogP contribution in [-0.2, 0) is 0 Å². The number of alkyl halides is 3. The van der Waals surface area contributed by atoms with E-state index in [-0.39, 0.29) is 13.0 Å². The summed E-state index contributed by atoms with van der Waals surface area (Å²) in [6.07, 6.45) is -4.91. The predicted molar refractivity (Wildman–Crippen MR) is 62.5 cm³/mol. The van der Waals surface area contributed by atoms with Crippen LogP contribution in [-0.4, -0.2) is 17.9 Å². The fraction of sp³-hybridized carbons (Fsp3) is 0.538. The number of aliphatic hydroxyl groups is 1. The molecule has 0 heterocycles. The van der Waals surface area contributed by atoms with E-state index in [1.54, 1.807) is 24.3 Å². The van der Waals surface area contributed by atoms with Crippen LogP contribution in [0, 0.1) is 0 Å². The largest absolute Gasteiger partial charge is 0.494 e. The summed E-state index contributed by atoms with van der Waals surface area (Å²) in [5.74, 6) is 0.518. The molecule has 0 saturated carbocycles. The Hall–Kier alpha value is -1.23. The summed E-state index contributed by atoms with van der Waals surface area (Å²) in [5.41, 5.74) is 0.778. The topological polar surface area (TPSA) is 29.5 Å². The van der Waals surface area contributed by atoms with Crippen LogP contribution >= 0.6 is 0 Å². The minimum atomic E-state index is -4.13. The fourth-order valence-electron chi connectivity index (χ4n) is 1.48. The summed E-state index contributed by atoms with van der Waals surface area (Å²) in [6.45, 7) is 1.90. The second kappa shape index (κ2) is 6.64. The van der Waals surface area contributed by atoms with Crippen LogP contribution in [0.4, 0.5) is 13.2 Å². The minimum absolute atomic E-state index is 0.0369. The molecule has 0 aliphatic rings. The molecule has 0 bridgehead atoms. The van der Waals surface area contributed by atoms with Crippen molar-refractivity contribution in [3.05, 3.63) is 29.8 Å². The van der Waals surface area contributed by atoms with Gasteiger partial charge >= 0.3 is 6.18 Å². The zero-order valence-corrected chi connectivity index (χ0v) is 10.2. The van der Waals surface area contributed by atoms with E-state index in [0.29, 0.717) is 12.2 Å². The van der Waals surface area contributed by atoms with Crippen LogP contribution in [0.25, 0.3) is 0 Å². The lowest BCUT2D eigenvalue weighted by atomic mass is 10.1. The van der Waals surface area contributed by atoms with Crippen molar-refractivity contribution in [2.24, 2.45) is 0 Å². The van der Waals surface area contributed by atoms with Gasteiger partial charge in [0.15, 0.2) is 0 Å². The summed E-state index contributed by atoms with van der Waals surface area (Å²) >= 11 is 0. The number of hydrogen-bond acceptors (Lipinski definition) is 2. The first-order valence-electron chi connectivity index (χ1n) is 5.90. The molecule has 0 fully saturated rings. The molecule has 0 amide bonds. The molecule has 18 heavy (non-hydrogen) atoms. The van der Waals surface area contributed by atoms with Crippen molar-refractivity contribution in [3.8, 4) is 5.75 Å². The fourth-order valence-corrected chi connectivity index (χ4v) is 1.48. The SMILES string of the molecule is CCC(O)c1ccc(OCCCC(F)(F)F)cc1. The third kappa shape index (κ3) is 5.40. The normalized spacial score (nSPS) is 13.4. The van der Waals surface area contributed by atoms with Gasteiger partial charge < -0.3 is 9.84 Å². The molecule has 0 aromatic heterocycles. The molecule has 1 aromatic rings. The molecule has 1 rings (SSSR count). The third-order valence-corrected chi connectivity index (χ3v) is 2.52. The number of benzene rings is 1. The van der Waals surface area contributed by atoms with Crippen molar-refractivity contribution >= 4 is 0 Å². The van der Waals surface area contributed by atoms with Crippen LogP contribution in [0.5, 0.6) is 5.75 Å². The van der Waals surface area contributed by atoms with Crippen LogP contribution < -0.4 is 4.74 Å². The minimum Gasteiger partial charge on any atom is -0.494 e. The number of ether oxygens (including phenoxy) is 1. The summed E-state index contributed by atoms with van der Waals surface area (Å²) in [7, 11) is 0. The van der Waals surface area contributed by atoms with Crippen LogP contribution in [0.1, 0.15) is 37.9 Å². The number of aliphatic hydroxyl groups excluding tert-OH is 1. The molecule has 0 radical (unpaired) electrons. The first-order valence-corrected chi connectivity index (χ1v) is 5.90. The van der Waals surface area contributed by atoms with Gasteiger partial charge in [-0.3, -0.25) is 0 Å². The van der Waals surface area contributed by atoms with Gasteiger partial charge in [-0.1, -0.05) is 19.1 Å². The highest BCUT2D eigenvalue weighted by Crippen LogP contribution is 2.22. The van der Waals surface area contributed by atoms with Gasteiger partial charge in [0, 0.05) is 6.42 Å². The quantitative estimate of drug-likeness (QED) is 0.789. The van der Waals surface area contributed by atoms with Gasteiger partial charge in [0.25, 0.3) is 0 Å². The Bertz CT molecular complexity index is 346. The van der Waals surface area contributed by atoms with Crippen LogP contribution in [0.2, 0.25) is 0 Å². The van der Waals surface area contributed by atoms with E-state index >= 15 is 0 Å². The average molecular weight is 262 g/mol. The Kier molecular flexibility index (Phi) is 5.47. The number of rotatable bonds is 6. The molecule has 1 aromatic carbocycles. The van der Waals surface area contributed by atoms with Crippen molar-refractivity contribution < 1.29 is 23.0 Å². The Morgan fingerprint density at radius 3 is 2.33 bits per heavy atom. The molecule has 5 heteroatoms. The molecule has 0 saturated heterocycles. The van der Waals surface area contributed by atoms with Gasteiger partial charge in [0.2, 0.25) is 0 Å². The lowest BCUT2D eigenvalue weighted by Crippen LogP contribution is -2.09. The zero-order valence-electron chi connectivity index (χ0n) is 10.2. The monoisotopic (exact) mass is 262 g/mol. The molecular weight excluding hydrogens is 245 g/mol. The maximum atomic E-state index is 11.9. The number of hydrogen-bond donors (Lipinski definition) is 1. The summed E-state index contributed by atoms with van der Waals surface area (Å²) < 4.78 is 40.8. The van der Waals surface area contributed by atoms with E-state index < -0.39 is 18.7 Å². The highest BCUT2D eigenvalue weighted by Gasteiger charge is 2.26. The van der Waals surface area contributed by atoms with Crippen molar-refractivity contribution in [1.82, 2.24) is 0 Å². The lowest BCUT2D eigenvalue weighted by molar-refractivity contribution is -0.136. The number of halogens is 3. The van der Waals surface area contributed by atoms with Crippen molar-refractivity contribution in [1.29, 1.82) is 0 Å². The summed E-state index contributed by atoms with van der Waals surface area (Å²) in [4.78, 5) is 0. The third-order valence-electron chi connectivity index (χ3n) is 2.52. The average Bonchev–Trinajstić information content (AvgIpc) is 2.33. The second-order valence-corrected chi connectivity index (χ2v) is 4.06. The van der Waals surface area contributed by atoms with E-state index in [1.165, 1.54) is 0 Å². The smallest absolute Gasteiger partial charge is 0.389 e. The lowest BCUT2D eigenvalue weighted by Gasteiger charge is -2.10. The first kappa shape index (κ1) is 14.8. The molecule has 0 aliphatic carbocycles. The van der Waals surface area contributed by atoms with Crippen molar-refractivity contribution in [2.75, 3.05) is 6.61 Å². The Morgan fingerprint density at radius 2 is 1.83 bits per heavy atom. The van der Waals surface area contributed by atoms with E-state index in [1.807, 2.05) is 6.92 Å². The van der Waals surface area contributed by atoms with E-state index in [0.717, 1.165) is 5.56 Å². The van der Waals surface area contributed by atoms with Gasteiger partial charge in [-0.05, 0) is 30.5 Å². The Morgan fingerprint density at radius 1 is 1.22 bits per heavy atom. The summed E-state index contributed by atoms with van der Waals surface area (Å²) in [5, 5.41) is 9.56. The molecule has 1 unspecified atom stereocenters. The standard InChI is InChI=1S/C13H17F3O2/c1-2-12(17)10-4-6-11(7-5-10)18-9-3-8-13(14,15)16/h4-7,12,17H,2-3,8-9H2,1H3. The highest BCUT2D eigenvalue weighted by molar-refractivity contribution is 5.28.